The van der Waals surface area contributed by atoms with E-state index < -0.39 is 0 Å². The molecular formula is C22H22N2O3. The largest absolute Gasteiger partial charge is 0.508 e. The zero-order valence-electron chi connectivity index (χ0n) is 14.9. The Labute approximate surface area is 157 Å². The third kappa shape index (κ3) is 3.78. The Morgan fingerprint density at radius 2 is 1.89 bits per heavy atom. The van der Waals surface area contributed by atoms with Crippen LogP contribution in [0.2, 0.25) is 0 Å². The minimum Gasteiger partial charge on any atom is -0.508 e. The van der Waals surface area contributed by atoms with E-state index in [1.807, 2.05) is 24.3 Å². The van der Waals surface area contributed by atoms with Gasteiger partial charge in [-0.05, 0) is 42.5 Å². The fraction of sp³-hybridized carbons (Fsp3) is 0.273. The lowest BCUT2D eigenvalue weighted by molar-refractivity contribution is -0.122. The number of aliphatic hydroxyl groups excluding tert-OH is 1. The first-order valence-electron chi connectivity index (χ1n) is 9.19. The van der Waals surface area contributed by atoms with Gasteiger partial charge in [0.25, 0.3) is 0 Å². The quantitative estimate of drug-likeness (QED) is 0.651. The number of carbonyl (C=O) groups excluding carboxylic acids is 1. The molecule has 0 radical (unpaired) electrons. The van der Waals surface area contributed by atoms with Crippen molar-refractivity contribution in [3.63, 3.8) is 0 Å². The fourth-order valence-corrected chi connectivity index (χ4v) is 3.69. The standard InChI is InChI=1S/C22H22N2O3/c25-18-10-16(11-18)22(17-9-14-5-1-3-7-19(14)23-13-17)24-21(27)12-15-6-2-4-8-20(15)26/h1-9,13,16,18,22,25-26H,10-12H2,(H,24,27)/t16?,18?,22-/m1/s1. The number of aliphatic hydroxyl groups is 1. The van der Waals surface area contributed by atoms with Gasteiger partial charge < -0.3 is 15.5 Å². The minimum atomic E-state index is -0.305. The zero-order valence-corrected chi connectivity index (χ0v) is 14.9. The number of pyridine rings is 1. The topological polar surface area (TPSA) is 82.5 Å². The van der Waals surface area contributed by atoms with E-state index in [0.717, 1.165) is 16.5 Å². The maximum Gasteiger partial charge on any atom is 0.225 e. The Bertz CT molecular complexity index is 966. The van der Waals surface area contributed by atoms with E-state index in [0.29, 0.717) is 18.4 Å². The Morgan fingerprint density at radius 3 is 2.67 bits per heavy atom. The number of fused-ring (bicyclic) bond motifs is 1. The van der Waals surface area contributed by atoms with Gasteiger partial charge in [0.05, 0.1) is 24.1 Å². The fourth-order valence-electron chi connectivity index (χ4n) is 3.69. The maximum absolute atomic E-state index is 12.6. The van der Waals surface area contributed by atoms with Crippen molar-refractivity contribution in [1.82, 2.24) is 10.3 Å². The Balaban J connectivity index is 1.57. The predicted molar refractivity (Wildman–Crippen MR) is 103 cm³/mol. The number of benzene rings is 2. The number of hydrogen-bond acceptors (Lipinski definition) is 4. The highest BCUT2D eigenvalue weighted by Crippen LogP contribution is 2.38. The Hall–Kier alpha value is -2.92. The number of nitrogens with zero attached hydrogens (tertiary/aromatic N) is 1. The summed E-state index contributed by atoms with van der Waals surface area (Å²) in [6.45, 7) is 0. The molecule has 4 rings (SSSR count). The van der Waals surface area contributed by atoms with Gasteiger partial charge in [-0.2, -0.15) is 0 Å². The van der Waals surface area contributed by atoms with Crippen LogP contribution >= 0.6 is 0 Å². The first-order valence-corrected chi connectivity index (χ1v) is 9.19. The van der Waals surface area contributed by atoms with Gasteiger partial charge in [0.2, 0.25) is 5.91 Å². The van der Waals surface area contributed by atoms with Crippen LogP contribution in [0.4, 0.5) is 0 Å². The van der Waals surface area contributed by atoms with E-state index in [2.05, 4.69) is 16.4 Å². The molecule has 0 bridgehead atoms. The molecule has 0 saturated heterocycles. The lowest BCUT2D eigenvalue weighted by Gasteiger charge is -2.38. The molecule has 0 spiro atoms. The molecule has 3 N–H and O–H groups in total. The van der Waals surface area contributed by atoms with Crippen molar-refractivity contribution in [2.75, 3.05) is 0 Å². The Kier molecular flexibility index (Phi) is 4.77. The highest BCUT2D eigenvalue weighted by atomic mass is 16.3. The molecule has 0 aliphatic heterocycles. The number of rotatable bonds is 5. The van der Waals surface area contributed by atoms with Gasteiger partial charge in [0.1, 0.15) is 5.75 Å². The zero-order chi connectivity index (χ0) is 18.8. The normalized spacial score (nSPS) is 20.0. The summed E-state index contributed by atoms with van der Waals surface area (Å²) in [7, 11) is 0. The predicted octanol–water partition coefficient (Wildman–Crippen LogP) is 3.11. The van der Waals surface area contributed by atoms with E-state index in [9.17, 15) is 15.0 Å². The summed E-state index contributed by atoms with van der Waals surface area (Å²) in [5, 5.41) is 23.8. The second-order valence-corrected chi connectivity index (χ2v) is 7.20. The summed E-state index contributed by atoms with van der Waals surface area (Å²) >= 11 is 0. The summed E-state index contributed by atoms with van der Waals surface area (Å²) in [5.41, 5.74) is 2.45. The summed E-state index contributed by atoms with van der Waals surface area (Å²) in [5.74, 6) is 0.142. The molecule has 1 amide bonds. The number of hydrogen-bond donors (Lipinski definition) is 3. The third-order valence-corrected chi connectivity index (χ3v) is 5.25. The van der Waals surface area contributed by atoms with Gasteiger partial charge in [-0.1, -0.05) is 36.4 Å². The second kappa shape index (κ2) is 7.37. The average molecular weight is 362 g/mol. The molecular weight excluding hydrogens is 340 g/mol. The molecule has 3 aromatic rings. The molecule has 0 unspecified atom stereocenters. The van der Waals surface area contributed by atoms with Crippen LogP contribution < -0.4 is 5.32 Å². The highest BCUT2D eigenvalue weighted by molar-refractivity contribution is 5.81. The number of amides is 1. The van der Waals surface area contributed by atoms with Crippen molar-refractivity contribution in [3.8, 4) is 5.75 Å². The number of phenols is 1. The van der Waals surface area contributed by atoms with Crippen LogP contribution in [0.25, 0.3) is 10.9 Å². The molecule has 1 aromatic heterocycles. The molecule has 138 valence electrons. The molecule has 1 aliphatic carbocycles. The number of para-hydroxylation sites is 2. The summed E-state index contributed by atoms with van der Waals surface area (Å²) < 4.78 is 0. The van der Waals surface area contributed by atoms with Gasteiger partial charge >= 0.3 is 0 Å². The van der Waals surface area contributed by atoms with Crippen molar-refractivity contribution in [1.29, 1.82) is 0 Å². The van der Waals surface area contributed by atoms with E-state index in [4.69, 9.17) is 0 Å². The lowest BCUT2D eigenvalue weighted by atomic mass is 9.75. The van der Waals surface area contributed by atoms with Crippen molar-refractivity contribution >= 4 is 16.8 Å². The number of phenolic OH excluding ortho intramolecular Hbond substituents is 1. The molecule has 1 aliphatic rings. The van der Waals surface area contributed by atoms with Crippen LogP contribution in [0.1, 0.15) is 30.0 Å². The van der Waals surface area contributed by atoms with Crippen LogP contribution in [-0.4, -0.2) is 27.2 Å². The smallest absolute Gasteiger partial charge is 0.225 e. The van der Waals surface area contributed by atoms with Crippen molar-refractivity contribution < 1.29 is 15.0 Å². The summed E-state index contributed by atoms with van der Waals surface area (Å²) in [6, 6.07) is 16.6. The number of aromatic nitrogens is 1. The molecule has 27 heavy (non-hydrogen) atoms. The van der Waals surface area contributed by atoms with Gasteiger partial charge in [-0.25, -0.2) is 0 Å². The highest BCUT2D eigenvalue weighted by Gasteiger charge is 2.36. The summed E-state index contributed by atoms with van der Waals surface area (Å²) in [4.78, 5) is 17.1. The van der Waals surface area contributed by atoms with Crippen LogP contribution in [0.5, 0.6) is 5.75 Å². The van der Waals surface area contributed by atoms with Gasteiger partial charge in [0, 0.05) is 17.1 Å². The first kappa shape index (κ1) is 17.5. The number of carbonyl (C=O) groups is 1. The second-order valence-electron chi connectivity index (χ2n) is 7.20. The third-order valence-electron chi connectivity index (χ3n) is 5.25. The SMILES string of the molecule is O=C(Cc1ccccc1O)N[C@@H](c1cnc2ccccc2c1)C1CC(O)C1. The van der Waals surface area contributed by atoms with Crippen molar-refractivity contribution in [2.45, 2.75) is 31.4 Å². The molecule has 1 heterocycles. The molecule has 1 fully saturated rings. The van der Waals surface area contributed by atoms with Gasteiger partial charge in [-0.15, -0.1) is 0 Å². The lowest BCUT2D eigenvalue weighted by Crippen LogP contribution is -2.42. The van der Waals surface area contributed by atoms with Crippen LogP contribution in [0, 0.1) is 5.92 Å². The van der Waals surface area contributed by atoms with Crippen molar-refractivity contribution in [3.05, 3.63) is 71.9 Å². The van der Waals surface area contributed by atoms with E-state index in [1.54, 1.807) is 30.5 Å². The minimum absolute atomic E-state index is 0.111. The van der Waals surface area contributed by atoms with E-state index in [-0.39, 0.29) is 36.1 Å². The maximum atomic E-state index is 12.6. The van der Waals surface area contributed by atoms with Crippen molar-refractivity contribution in [2.24, 2.45) is 5.92 Å². The van der Waals surface area contributed by atoms with Crippen LogP contribution in [-0.2, 0) is 11.2 Å². The monoisotopic (exact) mass is 362 g/mol. The molecule has 5 nitrogen and oxygen atoms in total. The van der Waals surface area contributed by atoms with E-state index >= 15 is 0 Å². The van der Waals surface area contributed by atoms with Crippen LogP contribution in [0.3, 0.4) is 0 Å². The summed E-state index contributed by atoms with van der Waals surface area (Å²) in [6.07, 6.45) is 2.93. The number of nitrogens with one attached hydrogen (secondary N) is 1. The van der Waals surface area contributed by atoms with Gasteiger partial charge in [-0.3, -0.25) is 9.78 Å². The van der Waals surface area contributed by atoms with E-state index in [1.165, 1.54) is 0 Å². The molecule has 1 saturated carbocycles. The average Bonchev–Trinajstić information content (AvgIpc) is 2.65. The first-order chi connectivity index (χ1) is 13.1. The van der Waals surface area contributed by atoms with Crippen LogP contribution in [0.15, 0.2) is 60.8 Å². The molecule has 5 heteroatoms. The molecule has 1 atom stereocenters. The number of aromatic hydroxyl groups is 1. The molecule has 2 aromatic carbocycles. The van der Waals surface area contributed by atoms with Gasteiger partial charge in [0.15, 0.2) is 0 Å². The Morgan fingerprint density at radius 1 is 1.15 bits per heavy atom.